The number of nitrogens with zero attached hydrogens (tertiary/aromatic N) is 4. The number of non-ortho nitro benzene ring substituents is 1. The molecular weight excluding hydrogens is 440 g/mol. The minimum atomic E-state index is -0.426. The van der Waals surface area contributed by atoms with E-state index in [0.717, 1.165) is 17.1 Å². The van der Waals surface area contributed by atoms with Crippen LogP contribution in [0.15, 0.2) is 76.8 Å². The molecule has 1 saturated heterocycles. The molecule has 0 radical (unpaired) electrons. The summed E-state index contributed by atoms with van der Waals surface area (Å²) in [6.45, 7) is 4.91. The van der Waals surface area contributed by atoms with Crippen molar-refractivity contribution in [3.8, 4) is 11.4 Å². The Kier molecular flexibility index (Phi) is 6.60. The molecule has 9 heteroatoms. The highest BCUT2D eigenvalue weighted by molar-refractivity contribution is 8.18. The van der Waals surface area contributed by atoms with Gasteiger partial charge in [0.15, 0.2) is 5.17 Å². The van der Waals surface area contributed by atoms with Crippen LogP contribution in [0.4, 0.5) is 11.4 Å². The number of amides is 1. The lowest BCUT2D eigenvalue weighted by Crippen LogP contribution is -2.28. The molecule has 1 fully saturated rings. The lowest BCUT2D eigenvalue weighted by atomic mass is 10.2. The number of rotatable bonds is 7. The van der Waals surface area contributed by atoms with E-state index in [0.29, 0.717) is 28.9 Å². The second kappa shape index (κ2) is 9.74. The maximum atomic E-state index is 13.0. The third-order valence-electron chi connectivity index (χ3n) is 4.95. The van der Waals surface area contributed by atoms with E-state index in [1.807, 2.05) is 61.0 Å². The summed E-state index contributed by atoms with van der Waals surface area (Å²) in [5.74, 6) is 0.644. The molecule has 0 atom stereocenters. The molecule has 0 aliphatic carbocycles. The van der Waals surface area contributed by atoms with Crippen molar-refractivity contribution in [2.45, 2.75) is 13.8 Å². The van der Waals surface area contributed by atoms with Crippen LogP contribution in [-0.2, 0) is 4.79 Å². The van der Waals surface area contributed by atoms with Crippen LogP contribution in [-0.4, -0.2) is 38.6 Å². The van der Waals surface area contributed by atoms with Crippen LogP contribution >= 0.6 is 11.8 Å². The lowest BCUT2D eigenvalue weighted by Gasteiger charge is -2.12. The summed E-state index contributed by atoms with van der Waals surface area (Å²) in [6, 6.07) is 17.5. The molecule has 168 valence electrons. The Morgan fingerprint density at radius 1 is 1.12 bits per heavy atom. The Hall–Kier alpha value is -3.85. The molecule has 1 amide bonds. The molecule has 33 heavy (non-hydrogen) atoms. The van der Waals surface area contributed by atoms with Gasteiger partial charge in [0.05, 0.1) is 27.8 Å². The maximum absolute atomic E-state index is 13.0. The normalized spacial score (nSPS) is 16.1. The van der Waals surface area contributed by atoms with Crippen molar-refractivity contribution in [3.05, 3.63) is 87.6 Å². The largest absolute Gasteiger partial charge is 0.494 e. The molecule has 3 aromatic rings. The summed E-state index contributed by atoms with van der Waals surface area (Å²) in [6.07, 6.45) is 3.59. The molecule has 0 spiro atoms. The van der Waals surface area contributed by atoms with Crippen molar-refractivity contribution in [2.75, 3.05) is 13.2 Å². The number of amidine groups is 1. The number of aliphatic imine (C=N–C) groups is 1. The van der Waals surface area contributed by atoms with Crippen molar-refractivity contribution >= 4 is 40.3 Å². The summed E-state index contributed by atoms with van der Waals surface area (Å²) in [5.41, 5.74) is 2.12. The molecule has 0 N–H and O–H groups in total. The zero-order valence-corrected chi connectivity index (χ0v) is 19.0. The molecule has 2 aromatic carbocycles. The second-order valence-corrected chi connectivity index (χ2v) is 8.07. The van der Waals surface area contributed by atoms with Gasteiger partial charge in [-0.1, -0.05) is 6.07 Å². The maximum Gasteiger partial charge on any atom is 0.271 e. The van der Waals surface area contributed by atoms with Gasteiger partial charge in [0.25, 0.3) is 11.6 Å². The van der Waals surface area contributed by atoms with E-state index >= 15 is 0 Å². The molecule has 1 aromatic heterocycles. The van der Waals surface area contributed by atoms with Gasteiger partial charge in [-0.2, -0.15) is 0 Å². The smallest absolute Gasteiger partial charge is 0.271 e. The number of hydrogen-bond acceptors (Lipinski definition) is 6. The fourth-order valence-corrected chi connectivity index (χ4v) is 4.45. The SMILES string of the molecule is CCOc1ccc(N=C2S/C(=C\c3cccn3-c3cccc([N+](=O)[O-])c3)C(=O)N2CC)cc1. The molecule has 0 unspecified atom stereocenters. The van der Waals surface area contributed by atoms with Crippen LogP contribution in [0, 0.1) is 10.1 Å². The van der Waals surface area contributed by atoms with Crippen molar-refractivity contribution in [2.24, 2.45) is 4.99 Å². The quantitative estimate of drug-likeness (QED) is 0.266. The Bertz CT molecular complexity index is 1250. The highest BCUT2D eigenvalue weighted by atomic mass is 32.2. The van der Waals surface area contributed by atoms with Gasteiger partial charge in [0, 0.05) is 30.6 Å². The molecule has 8 nitrogen and oxygen atoms in total. The average molecular weight is 463 g/mol. The summed E-state index contributed by atoms with van der Waals surface area (Å²) in [5, 5.41) is 11.7. The van der Waals surface area contributed by atoms with E-state index in [1.165, 1.54) is 23.9 Å². The monoisotopic (exact) mass is 462 g/mol. The lowest BCUT2D eigenvalue weighted by molar-refractivity contribution is -0.384. The molecule has 0 saturated carbocycles. The number of nitro groups is 1. The van der Waals surface area contributed by atoms with E-state index in [4.69, 9.17) is 4.74 Å². The first-order valence-electron chi connectivity index (χ1n) is 10.4. The molecule has 1 aliphatic rings. The van der Waals surface area contributed by atoms with Crippen LogP contribution in [0.3, 0.4) is 0 Å². The Balaban J connectivity index is 1.64. The number of carbonyl (C=O) groups excluding carboxylic acids is 1. The highest BCUT2D eigenvalue weighted by Crippen LogP contribution is 2.34. The van der Waals surface area contributed by atoms with E-state index in [1.54, 1.807) is 23.1 Å². The first-order chi connectivity index (χ1) is 16.0. The summed E-state index contributed by atoms with van der Waals surface area (Å²) in [4.78, 5) is 30.6. The number of likely N-dealkylation sites (N-methyl/N-ethyl adjacent to an activating group) is 1. The topological polar surface area (TPSA) is 90.0 Å². The minimum absolute atomic E-state index is 0.00746. The van der Waals surface area contributed by atoms with Crippen LogP contribution in [0.2, 0.25) is 0 Å². The Morgan fingerprint density at radius 2 is 1.91 bits per heavy atom. The fraction of sp³-hybridized carbons (Fsp3) is 0.167. The van der Waals surface area contributed by atoms with E-state index in [2.05, 4.69) is 4.99 Å². The molecule has 2 heterocycles. The highest BCUT2D eigenvalue weighted by Gasteiger charge is 2.32. The van der Waals surface area contributed by atoms with Crippen molar-refractivity contribution in [1.29, 1.82) is 0 Å². The zero-order valence-electron chi connectivity index (χ0n) is 18.2. The van der Waals surface area contributed by atoms with Crippen LogP contribution in [0.25, 0.3) is 11.8 Å². The van der Waals surface area contributed by atoms with Gasteiger partial charge in [-0.15, -0.1) is 0 Å². The summed E-state index contributed by atoms with van der Waals surface area (Å²) >= 11 is 1.31. The number of hydrogen-bond donors (Lipinski definition) is 0. The predicted molar refractivity (Wildman–Crippen MR) is 130 cm³/mol. The molecular formula is C24H22N4O4S. The van der Waals surface area contributed by atoms with Gasteiger partial charge < -0.3 is 9.30 Å². The van der Waals surface area contributed by atoms with Gasteiger partial charge in [-0.25, -0.2) is 4.99 Å². The summed E-state index contributed by atoms with van der Waals surface area (Å²) < 4.78 is 7.28. The number of nitro benzene ring substituents is 1. The minimum Gasteiger partial charge on any atom is -0.494 e. The van der Waals surface area contributed by atoms with Crippen molar-refractivity contribution in [1.82, 2.24) is 9.47 Å². The van der Waals surface area contributed by atoms with Gasteiger partial charge in [0.1, 0.15) is 5.75 Å². The Morgan fingerprint density at radius 3 is 2.61 bits per heavy atom. The molecule has 0 bridgehead atoms. The van der Waals surface area contributed by atoms with Crippen LogP contribution in [0.1, 0.15) is 19.5 Å². The second-order valence-electron chi connectivity index (χ2n) is 7.06. The first kappa shape index (κ1) is 22.3. The van der Waals surface area contributed by atoms with E-state index in [-0.39, 0.29) is 11.6 Å². The average Bonchev–Trinajstić information content (AvgIpc) is 3.39. The number of benzene rings is 2. The molecule has 4 rings (SSSR count). The third-order valence-corrected chi connectivity index (χ3v) is 5.96. The van der Waals surface area contributed by atoms with E-state index in [9.17, 15) is 14.9 Å². The van der Waals surface area contributed by atoms with Gasteiger partial charge in [-0.3, -0.25) is 19.8 Å². The van der Waals surface area contributed by atoms with Crippen LogP contribution < -0.4 is 4.74 Å². The predicted octanol–water partition coefficient (Wildman–Crippen LogP) is 5.41. The van der Waals surface area contributed by atoms with Gasteiger partial charge in [0.2, 0.25) is 0 Å². The molecule has 1 aliphatic heterocycles. The number of ether oxygens (including phenoxy) is 1. The Labute approximate surface area is 195 Å². The first-order valence-corrected chi connectivity index (χ1v) is 11.3. The van der Waals surface area contributed by atoms with Crippen molar-refractivity contribution < 1.29 is 14.5 Å². The standard InChI is InChI=1S/C24H22N4O4S/c1-3-26-23(29)22(33-24(26)25-17-10-12-21(13-11-17)32-4-2)16-19-9-6-14-27(19)18-7-5-8-20(15-18)28(30)31/h5-16H,3-4H2,1-2H3/b22-16-,25-24?. The fourth-order valence-electron chi connectivity index (χ4n) is 3.40. The zero-order chi connectivity index (χ0) is 23.4. The van der Waals surface area contributed by atoms with Gasteiger partial charge in [-0.05, 0) is 74.1 Å². The van der Waals surface area contributed by atoms with Crippen LogP contribution in [0.5, 0.6) is 5.75 Å². The number of carbonyl (C=O) groups is 1. The summed E-state index contributed by atoms with van der Waals surface area (Å²) in [7, 11) is 0. The third kappa shape index (κ3) is 4.83. The van der Waals surface area contributed by atoms with Crippen molar-refractivity contribution in [3.63, 3.8) is 0 Å². The number of thioether (sulfide) groups is 1. The van der Waals surface area contributed by atoms with E-state index < -0.39 is 4.92 Å². The van der Waals surface area contributed by atoms with Gasteiger partial charge >= 0.3 is 0 Å². The number of aromatic nitrogens is 1.